The van der Waals surface area contributed by atoms with Crippen molar-refractivity contribution in [2.24, 2.45) is 4.99 Å². The van der Waals surface area contributed by atoms with Crippen molar-refractivity contribution >= 4 is 17.8 Å². The van der Waals surface area contributed by atoms with Gasteiger partial charge >= 0.3 is 0 Å². The van der Waals surface area contributed by atoms with Gasteiger partial charge in [-0.15, -0.1) is 0 Å². The van der Waals surface area contributed by atoms with E-state index in [-0.39, 0.29) is 18.6 Å². The number of carbonyl (C=O) groups is 1. The minimum atomic E-state index is -0.00969. The number of aliphatic imine (C=N–C) groups is 1. The van der Waals surface area contributed by atoms with E-state index in [9.17, 15) is 4.79 Å². The molecule has 0 saturated carbocycles. The zero-order valence-electron chi connectivity index (χ0n) is 16.9. The van der Waals surface area contributed by atoms with Crippen molar-refractivity contribution in [3.05, 3.63) is 18.5 Å². The van der Waals surface area contributed by atoms with E-state index < -0.39 is 0 Å². The molecular formula is C19H31N7O2. The van der Waals surface area contributed by atoms with Crippen LogP contribution in [-0.2, 0) is 9.53 Å². The van der Waals surface area contributed by atoms with Gasteiger partial charge in [0.25, 0.3) is 0 Å². The van der Waals surface area contributed by atoms with Gasteiger partial charge in [-0.3, -0.25) is 4.79 Å². The largest absolute Gasteiger partial charge is 0.376 e. The third-order valence-corrected chi connectivity index (χ3v) is 5.04. The van der Waals surface area contributed by atoms with Crippen molar-refractivity contribution in [2.75, 3.05) is 64.9 Å². The van der Waals surface area contributed by atoms with Gasteiger partial charge in [-0.2, -0.15) is 0 Å². The maximum atomic E-state index is 12.0. The second-order valence-corrected chi connectivity index (χ2v) is 7.32. The SMILES string of the molecule is CN(C)C(=O)CN=C(NCC1CCCCO1)N1CCN(c2ncccn2)CC1. The maximum absolute atomic E-state index is 12.0. The molecule has 0 aromatic carbocycles. The number of piperazine rings is 1. The number of anilines is 1. The van der Waals surface area contributed by atoms with Crippen molar-refractivity contribution in [3.8, 4) is 0 Å². The Kier molecular flexibility index (Phi) is 7.41. The zero-order chi connectivity index (χ0) is 19.8. The monoisotopic (exact) mass is 389 g/mol. The zero-order valence-corrected chi connectivity index (χ0v) is 16.9. The Bertz CT molecular complexity index is 639. The molecule has 1 aromatic rings. The summed E-state index contributed by atoms with van der Waals surface area (Å²) < 4.78 is 5.82. The van der Waals surface area contributed by atoms with E-state index in [4.69, 9.17) is 4.74 Å². The fraction of sp³-hybridized carbons (Fsp3) is 0.684. The molecule has 9 nitrogen and oxygen atoms in total. The van der Waals surface area contributed by atoms with E-state index in [1.54, 1.807) is 31.4 Å². The molecule has 9 heteroatoms. The Labute approximate surface area is 166 Å². The van der Waals surface area contributed by atoms with Crippen molar-refractivity contribution in [2.45, 2.75) is 25.4 Å². The van der Waals surface area contributed by atoms with Gasteiger partial charge in [0.2, 0.25) is 11.9 Å². The van der Waals surface area contributed by atoms with Crippen LogP contribution in [0.15, 0.2) is 23.5 Å². The van der Waals surface area contributed by atoms with Crippen LogP contribution in [0, 0.1) is 0 Å². The molecule has 2 saturated heterocycles. The molecule has 1 unspecified atom stereocenters. The predicted octanol–water partition coefficient (Wildman–Crippen LogP) is 0.202. The number of ether oxygens (including phenoxy) is 1. The third kappa shape index (κ3) is 5.79. The van der Waals surface area contributed by atoms with Gasteiger partial charge in [0.15, 0.2) is 5.96 Å². The van der Waals surface area contributed by atoms with Gasteiger partial charge in [0.05, 0.1) is 6.10 Å². The lowest BCUT2D eigenvalue weighted by atomic mass is 10.1. The lowest BCUT2D eigenvalue weighted by molar-refractivity contribution is -0.127. The van der Waals surface area contributed by atoms with Crippen LogP contribution in [0.5, 0.6) is 0 Å². The molecule has 3 heterocycles. The average Bonchev–Trinajstić information content (AvgIpc) is 2.75. The minimum Gasteiger partial charge on any atom is -0.376 e. The van der Waals surface area contributed by atoms with Gasteiger partial charge in [-0.05, 0) is 25.3 Å². The Balaban J connectivity index is 1.59. The molecule has 1 aromatic heterocycles. The van der Waals surface area contributed by atoms with Crippen LogP contribution in [0.1, 0.15) is 19.3 Å². The summed E-state index contributed by atoms with van der Waals surface area (Å²) in [6.07, 6.45) is 7.14. The van der Waals surface area contributed by atoms with Crippen molar-refractivity contribution in [1.82, 2.24) is 25.1 Å². The lowest BCUT2D eigenvalue weighted by Crippen LogP contribution is -2.54. The number of likely N-dealkylation sites (N-methyl/N-ethyl adjacent to an activating group) is 1. The molecule has 1 amide bonds. The highest BCUT2D eigenvalue weighted by molar-refractivity contribution is 5.85. The summed E-state index contributed by atoms with van der Waals surface area (Å²) in [5, 5.41) is 3.44. The number of aromatic nitrogens is 2. The summed E-state index contributed by atoms with van der Waals surface area (Å²) in [5.41, 5.74) is 0. The molecule has 1 N–H and O–H groups in total. The van der Waals surface area contributed by atoms with Crippen molar-refractivity contribution < 1.29 is 9.53 Å². The van der Waals surface area contributed by atoms with E-state index in [0.29, 0.717) is 0 Å². The number of nitrogens with one attached hydrogen (secondary N) is 1. The molecule has 2 fully saturated rings. The van der Waals surface area contributed by atoms with Crippen LogP contribution in [-0.4, -0.2) is 97.7 Å². The van der Waals surface area contributed by atoms with E-state index in [2.05, 4.69) is 30.1 Å². The first-order valence-electron chi connectivity index (χ1n) is 10.0. The van der Waals surface area contributed by atoms with Gasteiger partial charge in [-0.25, -0.2) is 15.0 Å². The minimum absolute atomic E-state index is 0.00969. The number of rotatable bonds is 5. The molecule has 0 bridgehead atoms. The molecule has 2 aliphatic rings. The highest BCUT2D eigenvalue weighted by atomic mass is 16.5. The summed E-state index contributed by atoms with van der Waals surface area (Å²) in [7, 11) is 3.50. The highest BCUT2D eigenvalue weighted by Crippen LogP contribution is 2.13. The fourth-order valence-corrected chi connectivity index (χ4v) is 3.30. The normalized spacial score (nSPS) is 20.8. The molecular weight excluding hydrogens is 358 g/mol. The molecule has 0 spiro atoms. The van der Waals surface area contributed by atoms with E-state index in [1.807, 2.05) is 6.07 Å². The predicted molar refractivity (Wildman–Crippen MR) is 108 cm³/mol. The third-order valence-electron chi connectivity index (χ3n) is 5.04. The van der Waals surface area contributed by atoms with E-state index in [1.165, 1.54) is 6.42 Å². The first-order chi connectivity index (χ1) is 13.6. The Morgan fingerprint density at radius 3 is 2.64 bits per heavy atom. The number of amides is 1. The number of carbonyl (C=O) groups excluding carboxylic acids is 1. The number of guanidine groups is 1. The van der Waals surface area contributed by atoms with Gasteiger partial charge in [0, 0.05) is 65.8 Å². The first kappa shape index (κ1) is 20.3. The van der Waals surface area contributed by atoms with Crippen LogP contribution in [0.25, 0.3) is 0 Å². The molecule has 1 atom stereocenters. The summed E-state index contributed by atoms with van der Waals surface area (Å²) in [5.74, 6) is 1.52. The number of nitrogens with zero attached hydrogens (tertiary/aromatic N) is 6. The number of hydrogen-bond donors (Lipinski definition) is 1. The van der Waals surface area contributed by atoms with Crippen molar-refractivity contribution in [1.29, 1.82) is 0 Å². The van der Waals surface area contributed by atoms with Crippen LogP contribution in [0.2, 0.25) is 0 Å². The smallest absolute Gasteiger partial charge is 0.243 e. The molecule has 0 aliphatic carbocycles. The fourth-order valence-electron chi connectivity index (χ4n) is 3.30. The average molecular weight is 390 g/mol. The summed E-state index contributed by atoms with van der Waals surface area (Å²) in [6.45, 7) is 4.91. The van der Waals surface area contributed by atoms with Crippen LogP contribution in [0.3, 0.4) is 0 Å². The lowest BCUT2D eigenvalue weighted by Gasteiger charge is -2.37. The summed E-state index contributed by atoms with van der Waals surface area (Å²) >= 11 is 0. The Hall–Kier alpha value is -2.42. The Morgan fingerprint density at radius 1 is 1.25 bits per heavy atom. The summed E-state index contributed by atoms with van der Waals surface area (Å²) in [6, 6.07) is 1.82. The molecule has 3 rings (SSSR count). The van der Waals surface area contributed by atoms with Gasteiger partial charge in [0.1, 0.15) is 6.54 Å². The van der Waals surface area contributed by atoms with E-state index >= 15 is 0 Å². The first-order valence-corrected chi connectivity index (χ1v) is 10.0. The van der Waals surface area contributed by atoms with Gasteiger partial charge < -0.3 is 24.8 Å². The van der Waals surface area contributed by atoms with Crippen LogP contribution in [0.4, 0.5) is 5.95 Å². The van der Waals surface area contributed by atoms with Gasteiger partial charge in [-0.1, -0.05) is 0 Å². The summed E-state index contributed by atoms with van der Waals surface area (Å²) in [4.78, 5) is 31.2. The Morgan fingerprint density at radius 2 is 2.00 bits per heavy atom. The maximum Gasteiger partial charge on any atom is 0.243 e. The molecule has 2 aliphatic heterocycles. The molecule has 28 heavy (non-hydrogen) atoms. The number of hydrogen-bond acceptors (Lipinski definition) is 6. The second-order valence-electron chi connectivity index (χ2n) is 7.32. The highest BCUT2D eigenvalue weighted by Gasteiger charge is 2.23. The topological polar surface area (TPSA) is 86.2 Å². The van der Waals surface area contributed by atoms with Crippen LogP contribution >= 0.6 is 0 Å². The molecule has 0 radical (unpaired) electrons. The quantitative estimate of drug-likeness (QED) is 0.569. The standard InChI is InChI=1S/C19H31N7O2/c1-24(2)17(27)15-23-19(22-14-16-6-3-4-13-28-16)26-11-9-25(10-12-26)18-20-7-5-8-21-18/h5,7-8,16H,3-4,6,9-15H2,1-2H3,(H,22,23). The van der Waals surface area contributed by atoms with Crippen LogP contribution < -0.4 is 10.2 Å². The second kappa shape index (κ2) is 10.2. The van der Waals surface area contributed by atoms with E-state index in [0.717, 1.165) is 64.1 Å². The molecule has 154 valence electrons. The van der Waals surface area contributed by atoms with Crippen molar-refractivity contribution in [3.63, 3.8) is 0 Å².